The first kappa shape index (κ1) is 30.5. The van der Waals surface area contributed by atoms with Crippen LogP contribution >= 0.6 is 0 Å². The summed E-state index contributed by atoms with van der Waals surface area (Å²) < 4.78 is 39.8. The Labute approximate surface area is 236 Å². The molecule has 1 atom stereocenters. The third-order valence-corrected chi connectivity index (χ3v) is 8.24. The fraction of sp³-hybridized carbons (Fsp3) is 0.333. The van der Waals surface area contributed by atoms with Crippen LogP contribution in [0.5, 0.6) is 11.5 Å². The van der Waals surface area contributed by atoms with E-state index >= 15 is 0 Å². The van der Waals surface area contributed by atoms with Crippen molar-refractivity contribution >= 4 is 27.5 Å². The van der Waals surface area contributed by atoms with Crippen LogP contribution in [0.1, 0.15) is 31.4 Å². The van der Waals surface area contributed by atoms with Crippen molar-refractivity contribution in [2.45, 2.75) is 44.7 Å². The van der Waals surface area contributed by atoms with Gasteiger partial charge in [-0.3, -0.25) is 13.9 Å². The van der Waals surface area contributed by atoms with E-state index in [2.05, 4.69) is 5.32 Å². The fourth-order valence-electron chi connectivity index (χ4n) is 4.37. The van der Waals surface area contributed by atoms with Gasteiger partial charge in [-0.1, -0.05) is 43.3 Å². The number of sulfonamides is 1. The van der Waals surface area contributed by atoms with Crippen molar-refractivity contribution in [2.24, 2.45) is 0 Å². The summed E-state index contributed by atoms with van der Waals surface area (Å²) in [6.07, 6.45) is 0.340. The number of ether oxygens (including phenoxy) is 2. The van der Waals surface area contributed by atoms with Gasteiger partial charge in [0.05, 0.1) is 24.8 Å². The van der Waals surface area contributed by atoms with Gasteiger partial charge in [0, 0.05) is 13.1 Å². The molecule has 2 amide bonds. The zero-order valence-corrected chi connectivity index (χ0v) is 24.4. The molecule has 9 nitrogen and oxygen atoms in total. The van der Waals surface area contributed by atoms with Crippen molar-refractivity contribution in [1.82, 2.24) is 10.2 Å². The molecular formula is C30H37N3O6S. The van der Waals surface area contributed by atoms with Gasteiger partial charge in [-0.15, -0.1) is 0 Å². The number of carbonyl (C=O) groups excluding carboxylic acids is 2. The van der Waals surface area contributed by atoms with Crippen molar-refractivity contribution in [3.05, 3.63) is 83.9 Å². The number of hydrogen-bond donors (Lipinski definition) is 1. The van der Waals surface area contributed by atoms with Gasteiger partial charge in [-0.05, 0) is 67.8 Å². The van der Waals surface area contributed by atoms with Crippen LogP contribution in [-0.4, -0.2) is 58.5 Å². The summed E-state index contributed by atoms with van der Waals surface area (Å²) in [5.41, 5.74) is 1.79. The molecule has 0 saturated heterocycles. The minimum atomic E-state index is -4.19. The van der Waals surface area contributed by atoms with E-state index in [1.807, 2.05) is 26.0 Å². The predicted octanol–water partition coefficient (Wildman–Crippen LogP) is 4.15. The normalized spacial score (nSPS) is 11.8. The summed E-state index contributed by atoms with van der Waals surface area (Å²) in [6, 6.07) is 19.4. The lowest BCUT2D eigenvalue weighted by Crippen LogP contribution is -2.52. The molecule has 3 aromatic rings. The van der Waals surface area contributed by atoms with Crippen molar-refractivity contribution < 1.29 is 27.5 Å². The van der Waals surface area contributed by atoms with Gasteiger partial charge in [-0.25, -0.2) is 8.42 Å². The van der Waals surface area contributed by atoms with Gasteiger partial charge < -0.3 is 19.7 Å². The molecule has 0 aliphatic carbocycles. The van der Waals surface area contributed by atoms with Crippen LogP contribution in [0.2, 0.25) is 0 Å². The van der Waals surface area contributed by atoms with Crippen LogP contribution in [0.3, 0.4) is 0 Å². The Morgan fingerprint density at radius 1 is 0.925 bits per heavy atom. The number of nitrogens with zero attached hydrogens (tertiary/aromatic N) is 2. The minimum absolute atomic E-state index is 0.0313. The van der Waals surface area contributed by atoms with Crippen molar-refractivity contribution in [2.75, 3.05) is 31.6 Å². The predicted molar refractivity (Wildman–Crippen MR) is 155 cm³/mol. The Hall–Kier alpha value is -4.05. The lowest BCUT2D eigenvalue weighted by atomic mass is 10.1. The van der Waals surface area contributed by atoms with Crippen LogP contribution in [-0.2, 0) is 26.2 Å². The molecule has 3 rings (SSSR count). The SMILES string of the molecule is CCNC(=O)[C@@H](CC)N(Cc1ccc(OC)cc1)C(=O)CN(c1cc(C)ccc1OC)S(=O)(=O)c1ccccc1. The number of benzene rings is 3. The molecule has 0 aliphatic rings. The Bertz CT molecular complexity index is 1390. The highest BCUT2D eigenvalue weighted by atomic mass is 32.2. The van der Waals surface area contributed by atoms with Crippen LogP contribution < -0.4 is 19.1 Å². The van der Waals surface area contributed by atoms with E-state index in [9.17, 15) is 18.0 Å². The number of amides is 2. The maximum absolute atomic E-state index is 14.1. The Morgan fingerprint density at radius 2 is 1.60 bits per heavy atom. The molecule has 0 saturated carbocycles. The first-order valence-electron chi connectivity index (χ1n) is 13.1. The molecule has 3 aromatic carbocycles. The number of aryl methyl sites for hydroxylation is 1. The highest BCUT2D eigenvalue weighted by Gasteiger charge is 2.34. The van der Waals surface area contributed by atoms with Crippen molar-refractivity contribution in [3.63, 3.8) is 0 Å². The van der Waals surface area contributed by atoms with Crippen LogP contribution in [0, 0.1) is 6.92 Å². The Balaban J connectivity index is 2.11. The minimum Gasteiger partial charge on any atom is -0.497 e. The van der Waals surface area contributed by atoms with Gasteiger partial charge >= 0.3 is 0 Å². The number of rotatable bonds is 13. The summed E-state index contributed by atoms with van der Waals surface area (Å²) >= 11 is 0. The number of anilines is 1. The van der Waals surface area contributed by atoms with Crippen LogP contribution in [0.4, 0.5) is 5.69 Å². The maximum Gasteiger partial charge on any atom is 0.264 e. The van der Waals surface area contributed by atoms with Gasteiger partial charge in [-0.2, -0.15) is 0 Å². The van der Waals surface area contributed by atoms with Crippen molar-refractivity contribution in [1.29, 1.82) is 0 Å². The summed E-state index contributed by atoms with van der Waals surface area (Å²) in [4.78, 5) is 28.6. The molecule has 0 aromatic heterocycles. The highest BCUT2D eigenvalue weighted by Crippen LogP contribution is 2.33. The lowest BCUT2D eigenvalue weighted by Gasteiger charge is -2.33. The quantitative estimate of drug-likeness (QED) is 0.333. The molecule has 0 bridgehead atoms. The summed E-state index contributed by atoms with van der Waals surface area (Å²) in [5, 5.41) is 2.80. The zero-order valence-electron chi connectivity index (χ0n) is 23.6. The standard InChI is InChI=1S/C30H37N3O6S/c1-6-26(30(35)31-7-2)32(20-23-14-16-24(38-4)17-15-23)29(34)21-33(27-19-22(3)13-18-28(27)39-5)40(36,37)25-11-9-8-10-12-25/h8-19,26H,6-7,20-21H2,1-5H3,(H,31,35)/t26-/m1/s1. The molecule has 0 radical (unpaired) electrons. The number of hydrogen-bond acceptors (Lipinski definition) is 6. The monoisotopic (exact) mass is 567 g/mol. The first-order valence-corrected chi connectivity index (χ1v) is 14.5. The van der Waals surface area contributed by atoms with Gasteiger partial charge in [0.1, 0.15) is 24.1 Å². The highest BCUT2D eigenvalue weighted by molar-refractivity contribution is 7.92. The Kier molecular flexibility index (Phi) is 10.6. The molecule has 0 heterocycles. The smallest absolute Gasteiger partial charge is 0.264 e. The van der Waals surface area contributed by atoms with Crippen LogP contribution in [0.25, 0.3) is 0 Å². The molecule has 40 heavy (non-hydrogen) atoms. The second kappa shape index (κ2) is 13.8. The molecular weight excluding hydrogens is 530 g/mol. The molecule has 0 spiro atoms. The van der Waals surface area contributed by atoms with E-state index in [0.717, 1.165) is 15.4 Å². The van der Waals surface area contributed by atoms with E-state index < -0.39 is 28.5 Å². The van der Waals surface area contributed by atoms with Crippen molar-refractivity contribution in [3.8, 4) is 11.5 Å². The lowest BCUT2D eigenvalue weighted by molar-refractivity contribution is -0.140. The van der Waals surface area contributed by atoms with E-state index in [-0.39, 0.29) is 23.0 Å². The molecule has 0 unspecified atom stereocenters. The molecule has 1 N–H and O–H groups in total. The molecule has 10 heteroatoms. The fourth-order valence-corrected chi connectivity index (χ4v) is 5.80. The number of likely N-dealkylation sites (N-methyl/N-ethyl adjacent to an activating group) is 1. The second-order valence-corrected chi connectivity index (χ2v) is 11.1. The van der Waals surface area contributed by atoms with Gasteiger partial charge in [0.25, 0.3) is 10.0 Å². The molecule has 0 aliphatic heterocycles. The number of methoxy groups -OCH3 is 2. The average molecular weight is 568 g/mol. The van der Waals surface area contributed by atoms with Gasteiger partial charge in [0.15, 0.2) is 0 Å². The third-order valence-electron chi connectivity index (χ3n) is 6.46. The summed E-state index contributed by atoms with van der Waals surface area (Å²) in [7, 11) is -1.18. The Morgan fingerprint density at radius 3 is 2.17 bits per heavy atom. The number of carbonyl (C=O) groups is 2. The van der Waals surface area contributed by atoms with E-state index in [0.29, 0.717) is 24.5 Å². The summed E-state index contributed by atoms with van der Waals surface area (Å²) in [5.74, 6) is 0.119. The third kappa shape index (κ3) is 7.12. The maximum atomic E-state index is 14.1. The average Bonchev–Trinajstić information content (AvgIpc) is 2.96. The van der Waals surface area contributed by atoms with E-state index in [4.69, 9.17) is 9.47 Å². The van der Waals surface area contributed by atoms with Gasteiger partial charge in [0.2, 0.25) is 11.8 Å². The largest absolute Gasteiger partial charge is 0.497 e. The first-order chi connectivity index (χ1) is 19.2. The van der Waals surface area contributed by atoms with E-state index in [1.165, 1.54) is 24.1 Å². The van der Waals surface area contributed by atoms with E-state index in [1.54, 1.807) is 62.6 Å². The summed E-state index contributed by atoms with van der Waals surface area (Å²) in [6.45, 7) is 5.41. The van der Waals surface area contributed by atoms with Crippen LogP contribution in [0.15, 0.2) is 77.7 Å². The molecule has 214 valence electrons. The topological polar surface area (TPSA) is 105 Å². The molecule has 0 fully saturated rings. The zero-order chi connectivity index (χ0) is 29.3. The number of nitrogens with one attached hydrogen (secondary N) is 1. The second-order valence-electron chi connectivity index (χ2n) is 9.19.